The monoisotopic (exact) mass is 419 g/mol. The lowest BCUT2D eigenvalue weighted by atomic mass is 9.98. The Morgan fingerprint density at radius 3 is 2.35 bits per heavy atom. The van der Waals surface area contributed by atoms with Gasteiger partial charge in [0, 0.05) is 19.4 Å². The Kier molecular flexibility index (Phi) is 7.70. The van der Waals surface area contributed by atoms with E-state index in [0.717, 1.165) is 49.2 Å². The minimum atomic E-state index is -0.941. The van der Waals surface area contributed by atoms with Crippen molar-refractivity contribution in [3.05, 3.63) is 71.3 Å². The van der Waals surface area contributed by atoms with Crippen LogP contribution >= 0.6 is 0 Å². The van der Waals surface area contributed by atoms with Crippen molar-refractivity contribution >= 4 is 11.8 Å². The zero-order chi connectivity index (χ0) is 22.2. The van der Waals surface area contributed by atoms with Gasteiger partial charge in [0.2, 0.25) is 11.6 Å². The fourth-order valence-corrected chi connectivity index (χ4v) is 3.47. The molecule has 0 fully saturated rings. The highest BCUT2D eigenvalue weighted by molar-refractivity contribution is 5.96. The lowest BCUT2D eigenvalue weighted by Gasteiger charge is -2.08. The number of aromatic nitrogens is 3. The van der Waals surface area contributed by atoms with Gasteiger partial charge in [0.05, 0.1) is 5.56 Å². The SMILES string of the molecule is CCCCC(=O)c1nc(Cc2ccc(-c3ccccc3C(=O)O)cc2)n(CCCC)n1. The van der Waals surface area contributed by atoms with E-state index in [4.69, 9.17) is 0 Å². The maximum absolute atomic E-state index is 12.4. The van der Waals surface area contributed by atoms with Crippen LogP contribution in [0.2, 0.25) is 0 Å². The molecule has 0 aliphatic heterocycles. The number of aryl methyl sites for hydroxylation is 1. The molecule has 3 rings (SSSR count). The smallest absolute Gasteiger partial charge is 0.336 e. The first-order valence-corrected chi connectivity index (χ1v) is 10.9. The summed E-state index contributed by atoms with van der Waals surface area (Å²) in [5.74, 6) is 0.154. The number of nitrogens with zero attached hydrogens (tertiary/aromatic N) is 3. The molecule has 1 heterocycles. The van der Waals surface area contributed by atoms with Gasteiger partial charge in [-0.3, -0.25) is 4.79 Å². The van der Waals surface area contributed by atoms with Crippen LogP contribution in [0.15, 0.2) is 48.5 Å². The van der Waals surface area contributed by atoms with Crippen LogP contribution in [0.25, 0.3) is 11.1 Å². The topological polar surface area (TPSA) is 85.1 Å². The normalized spacial score (nSPS) is 10.9. The van der Waals surface area contributed by atoms with Gasteiger partial charge < -0.3 is 5.11 Å². The number of carbonyl (C=O) groups is 2. The summed E-state index contributed by atoms with van der Waals surface area (Å²) in [5.41, 5.74) is 2.86. The molecule has 6 nitrogen and oxygen atoms in total. The Morgan fingerprint density at radius 2 is 1.68 bits per heavy atom. The molecule has 6 heteroatoms. The van der Waals surface area contributed by atoms with Crippen molar-refractivity contribution in [1.29, 1.82) is 0 Å². The molecule has 0 spiro atoms. The number of aromatic carboxylic acids is 1. The highest BCUT2D eigenvalue weighted by atomic mass is 16.4. The van der Waals surface area contributed by atoms with Crippen LogP contribution in [0, 0.1) is 0 Å². The Hall–Kier alpha value is -3.28. The van der Waals surface area contributed by atoms with Crippen molar-refractivity contribution in [2.75, 3.05) is 0 Å². The Labute approximate surface area is 183 Å². The van der Waals surface area contributed by atoms with Crippen LogP contribution in [0.1, 0.15) is 78.3 Å². The average Bonchev–Trinajstić information content (AvgIpc) is 3.19. The van der Waals surface area contributed by atoms with E-state index in [1.54, 1.807) is 12.1 Å². The van der Waals surface area contributed by atoms with Gasteiger partial charge in [0.25, 0.3) is 0 Å². The minimum absolute atomic E-state index is 0.000950. The summed E-state index contributed by atoms with van der Waals surface area (Å²) in [6.45, 7) is 4.92. The summed E-state index contributed by atoms with van der Waals surface area (Å²) in [6, 6.07) is 14.8. The predicted octanol–water partition coefficient (Wildman–Crippen LogP) is 5.41. The number of unbranched alkanes of at least 4 members (excludes halogenated alkanes) is 2. The van der Waals surface area contributed by atoms with Crippen LogP contribution in [-0.2, 0) is 13.0 Å². The molecule has 0 aliphatic carbocycles. The van der Waals surface area contributed by atoms with Crippen LogP contribution in [0.3, 0.4) is 0 Å². The zero-order valence-electron chi connectivity index (χ0n) is 18.2. The van der Waals surface area contributed by atoms with Gasteiger partial charge >= 0.3 is 5.97 Å². The van der Waals surface area contributed by atoms with Crippen molar-refractivity contribution in [1.82, 2.24) is 14.8 Å². The van der Waals surface area contributed by atoms with Gasteiger partial charge in [0.1, 0.15) is 5.82 Å². The minimum Gasteiger partial charge on any atom is -0.478 e. The Morgan fingerprint density at radius 1 is 0.968 bits per heavy atom. The second-order valence-electron chi connectivity index (χ2n) is 7.68. The van der Waals surface area contributed by atoms with Crippen LogP contribution in [0.4, 0.5) is 0 Å². The number of carboxylic acids is 1. The van der Waals surface area contributed by atoms with Crippen LogP contribution in [0.5, 0.6) is 0 Å². The number of ketones is 1. The number of rotatable bonds is 11. The Bertz CT molecular complexity index is 1040. The van der Waals surface area contributed by atoms with E-state index in [1.807, 2.05) is 41.1 Å². The number of carboxylic acid groups (broad SMARTS) is 1. The van der Waals surface area contributed by atoms with Gasteiger partial charge in [-0.25, -0.2) is 14.5 Å². The van der Waals surface area contributed by atoms with Gasteiger partial charge in [0.15, 0.2) is 0 Å². The van der Waals surface area contributed by atoms with Crippen molar-refractivity contribution in [2.45, 2.75) is 58.9 Å². The van der Waals surface area contributed by atoms with Gasteiger partial charge in [-0.05, 0) is 35.6 Å². The van der Waals surface area contributed by atoms with Crippen LogP contribution in [-0.4, -0.2) is 31.6 Å². The van der Waals surface area contributed by atoms with E-state index >= 15 is 0 Å². The molecule has 0 amide bonds. The number of Topliss-reactive ketones (excluding diaryl/α,β-unsaturated/α-hetero) is 1. The molecule has 1 N–H and O–H groups in total. The molecule has 0 radical (unpaired) electrons. The molecule has 0 bridgehead atoms. The highest BCUT2D eigenvalue weighted by Gasteiger charge is 2.17. The lowest BCUT2D eigenvalue weighted by molar-refractivity contribution is 0.0697. The number of carbonyl (C=O) groups excluding carboxylic acids is 1. The Balaban J connectivity index is 1.82. The molecular weight excluding hydrogens is 390 g/mol. The largest absolute Gasteiger partial charge is 0.478 e. The molecule has 0 saturated carbocycles. The van der Waals surface area contributed by atoms with E-state index < -0.39 is 5.97 Å². The van der Waals surface area contributed by atoms with E-state index in [2.05, 4.69) is 23.9 Å². The fourth-order valence-electron chi connectivity index (χ4n) is 3.47. The van der Waals surface area contributed by atoms with Crippen LogP contribution < -0.4 is 0 Å². The zero-order valence-corrected chi connectivity index (χ0v) is 18.2. The second kappa shape index (κ2) is 10.7. The predicted molar refractivity (Wildman–Crippen MR) is 120 cm³/mol. The molecule has 0 saturated heterocycles. The fraction of sp³-hybridized carbons (Fsp3) is 0.360. The van der Waals surface area contributed by atoms with E-state index in [-0.39, 0.29) is 11.3 Å². The summed E-state index contributed by atoms with van der Waals surface area (Å²) >= 11 is 0. The number of hydrogen-bond acceptors (Lipinski definition) is 4. The van der Waals surface area contributed by atoms with Crippen molar-refractivity contribution in [3.8, 4) is 11.1 Å². The van der Waals surface area contributed by atoms with Gasteiger partial charge in [-0.1, -0.05) is 69.2 Å². The maximum atomic E-state index is 12.4. The third kappa shape index (κ3) is 5.66. The standard InChI is InChI=1S/C25H29N3O3/c1-3-5-11-22(29)24-26-23(28(27-24)16-6-4-2)17-18-12-14-19(15-13-18)20-9-7-8-10-21(20)25(30)31/h7-10,12-15H,3-6,11,16-17H2,1-2H3,(H,30,31). The molecule has 162 valence electrons. The molecule has 31 heavy (non-hydrogen) atoms. The molecular formula is C25H29N3O3. The van der Waals surface area contributed by atoms with Crippen molar-refractivity contribution in [3.63, 3.8) is 0 Å². The molecule has 1 aromatic heterocycles. The maximum Gasteiger partial charge on any atom is 0.336 e. The highest BCUT2D eigenvalue weighted by Crippen LogP contribution is 2.24. The first kappa shape index (κ1) is 22.4. The summed E-state index contributed by atoms with van der Waals surface area (Å²) < 4.78 is 1.86. The van der Waals surface area contributed by atoms with Crippen molar-refractivity contribution < 1.29 is 14.7 Å². The molecule has 3 aromatic rings. The summed E-state index contributed by atoms with van der Waals surface area (Å²) in [4.78, 5) is 28.5. The third-order valence-corrected chi connectivity index (χ3v) is 5.26. The van der Waals surface area contributed by atoms with Gasteiger partial charge in [-0.15, -0.1) is 5.10 Å². The quantitative estimate of drug-likeness (QED) is 0.420. The first-order chi connectivity index (χ1) is 15.0. The number of hydrogen-bond donors (Lipinski definition) is 1. The second-order valence-corrected chi connectivity index (χ2v) is 7.68. The summed E-state index contributed by atoms with van der Waals surface area (Å²) in [6.07, 6.45) is 4.87. The lowest BCUT2D eigenvalue weighted by Crippen LogP contribution is -2.07. The first-order valence-electron chi connectivity index (χ1n) is 10.9. The summed E-state index contributed by atoms with van der Waals surface area (Å²) in [7, 11) is 0. The average molecular weight is 420 g/mol. The summed E-state index contributed by atoms with van der Waals surface area (Å²) in [5, 5.41) is 13.9. The molecule has 0 unspecified atom stereocenters. The third-order valence-electron chi connectivity index (χ3n) is 5.26. The van der Waals surface area contributed by atoms with Gasteiger partial charge in [-0.2, -0.15) is 0 Å². The molecule has 2 aromatic carbocycles. The van der Waals surface area contributed by atoms with Crippen molar-refractivity contribution in [2.24, 2.45) is 0 Å². The van der Waals surface area contributed by atoms with E-state index in [1.165, 1.54) is 0 Å². The van der Waals surface area contributed by atoms with E-state index in [0.29, 0.717) is 24.2 Å². The van der Waals surface area contributed by atoms with E-state index in [9.17, 15) is 14.7 Å². The molecule has 0 atom stereocenters. The number of benzene rings is 2. The molecule has 0 aliphatic rings.